The number of nitrogen functional groups attached to an aromatic ring is 1. The molecule has 0 saturated carbocycles. The van der Waals surface area contributed by atoms with E-state index in [1.165, 1.54) is 19.3 Å². The van der Waals surface area contributed by atoms with Gasteiger partial charge in [0.15, 0.2) is 11.6 Å². The first-order valence-electron chi connectivity index (χ1n) is 8.80. The summed E-state index contributed by atoms with van der Waals surface area (Å²) in [6.45, 7) is 5.60. The van der Waals surface area contributed by atoms with Crippen molar-refractivity contribution in [1.29, 1.82) is 0 Å². The molecule has 1 saturated heterocycles. The number of hydrogen-bond donors (Lipinski definition) is 3. The molecule has 1 fully saturated rings. The summed E-state index contributed by atoms with van der Waals surface area (Å²) in [6.07, 6.45) is 7.10. The Morgan fingerprint density at radius 1 is 1.35 bits per heavy atom. The van der Waals surface area contributed by atoms with Gasteiger partial charge in [-0.1, -0.05) is 19.8 Å². The zero-order valence-electron chi connectivity index (χ0n) is 14.0. The van der Waals surface area contributed by atoms with Gasteiger partial charge in [-0.15, -0.1) is 0 Å². The number of fused-ring (bicyclic) bond motifs is 1. The second-order valence-electron chi connectivity index (χ2n) is 6.33. The van der Waals surface area contributed by atoms with Crippen LogP contribution in [0.3, 0.4) is 0 Å². The summed E-state index contributed by atoms with van der Waals surface area (Å²) in [5.41, 5.74) is 6.88. The largest absolute Gasteiger partial charge is 0.463 e. The third-order valence-corrected chi connectivity index (χ3v) is 4.53. The summed E-state index contributed by atoms with van der Waals surface area (Å²) in [5, 5.41) is 6.90. The van der Waals surface area contributed by atoms with Gasteiger partial charge in [-0.2, -0.15) is 9.97 Å². The Kier molecular flexibility index (Phi) is 5.38. The normalized spacial score (nSPS) is 20.2. The lowest BCUT2D eigenvalue weighted by Gasteiger charge is -2.26. The van der Waals surface area contributed by atoms with E-state index < -0.39 is 0 Å². The van der Waals surface area contributed by atoms with Crippen molar-refractivity contribution in [2.24, 2.45) is 0 Å². The van der Waals surface area contributed by atoms with E-state index in [1.54, 1.807) is 0 Å². The lowest BCUT2D eigenvalue weighted by atomic mass is 10.0. The van der Waals surface area contributed by atoms with Gasteiger partial charge in [0.1, 0.15) is 5.69 Å². The summed E-state index contributed by atoms with van der Waals surface area (Å²) in [6, 6.07) is 1.01. The van der Waals surface area contributed by atoms with Gasteiger partial charge in [0, 0.05) is 12.6 Å². The summed E-state index contributed by atoms with van der Waals surface area (Å²) < 4.78 is 5.63. The number of piperidine rings is 1. The summed E-state index contributed by atoms with van der Waals surface area (Å²) >= 11 is 0. The van der Waals surface area contributed by atoms with Gasteiger partial charge in [0.2, 0.25) is 0 Å². The van der Waals surface area contributed by atoms with Crippen molar-refractivity contribution in [2.45, 2.75) is 51.5 Å². The molecule has 128 valence electrons. The molecule has 2 aliphatic heterocycles. The van der Waals surface area contributed by atoms with Crippen molar-refractivity contribution in [1.82, 2.24) is 15.3 Å². The van der Waals surface area contributed by atoms with Crippen molar-refractivity contribution in [3.8, 4) is 6.01 Å². The number of anilines is 3. The highest BCUT2D eigenvalue weighted by Crippen LogP contribution is 2.35. The van der Waals surface area contributed by atoms with Crippen LogP contribution in [-0.4, -0.2) is 42.4 Å². The third-order valence-electron chi connectivity index (χ3n) is 4.53. The average Bonchev–Trinajstić information content (AvgIpc) is 2.98. The zero-order valence-corrected chi connectivity index (χ0v) is 14.0. The van der Waals surface area contributed by atoms with Crippen LogP contribution in [0.25, 0.3) is 0 Å². The van der Waals surface area contributed by atoms with Crippen LogP contribution in [0.4, 0.5) is 17.3 Å². The van der Waals surface area contributed by atoms with Gasteiger partial charge in [-0.25, -0.2) is 0 Å². The van der Waals surface area contributed by atoms with E-state index in [2.05, 4.69) is 32.4 Å². The Morgan fingerprint density at radius 3 is 3.04 bits per heavy atom. The molecule has 0 radical (unpaired) electrons. The molecule has 3 rings (SSSR count). The maximum Gasteiger partial charge on any atom is 0.320 e. The molecule has 0 bridgehead atoms. The predicted octanol–water partition coefficient (Wildman–Crippen LogP) is 1.96. The summed E-state index contributed by atoms with van der Waals surface area (Å²) in [7, 11) is 0. The molecule has 4 N–H and O–H groups in total. The highest BCUT2D eigenvalue weighted by molar-refractivity contribution is 5.80. The average molecular weight is 320 g/mol. The van der Waals surface area contributed by atoms with E-state index >= 15 is 0 Å². The Morgan fingerprint density at radius 2 is 2.26 bits per heavy atom. The van der Waals surface area contributed by atoms with Crippen LogP contribution in [0, 0.1) is 0 Å². The molecule has 7 nitrogen and oxygen atoms in total. The molecular weight excluding hydrogens is 292 g/mol. The maximum atomic E-state index is 6.05. The van der Waals surface area contributed by atoms with Crippen molar-refractivity contribution < 1.29 is 4.74 Å². The third kappa shape index (κ3) is 3.96. The first-order valence-corrected chi connectivity index (χ1v) is 8.80. The smallest absolute Gasteiger partial charge is 0.320 e. The SMILES string of the molecule is CCCCOc1nc(N)c2c(n1)N(CCC1CCCCN1)CN2. The van der Waals surface area contributed by atoms with Gasteiger partial charge in [0.05, 0.1) is 13.3 Å². The summed E-state index contributed by atoms with van der Waals surface area (Å²) in [4.78, 5) is 11.0. The summed E-state index contributed by atoms with van der Waals surface area (Å²) in [5.74, 6) is 1.35. The molecule has 1 unspecified atom stereocenters. The Balaban J connectivity index is 1.62. The van der Waals surface area contributed by atoms with Gasteiger partial charge in [-0.05, 0) is 32.2 Å². The Hall–Kier alpha value is -1.76. The molecule has 1 aromatic heterocycles. The van der Waals surface area contributed by atoms with E-state index in [1.807, 2.05) is 0 Å². The van der Waals surface area contributed by atoms with E-state index in [-0.39, 0.29) is 0 Å². The highest BCUT2D eigenvalue weighted by Gasteiger charge is 2.25. The lowest BCUT2D eigenvalue weighted by Crippen LogP contribution is -2.37. The number of unbranched alkanes of at least 4 members (excludes halogenated alkanes) is 1. The fourth-order valence-corrected chi connectivity index (χ4v) is 3.13. The molecule has 3 heterocycles. The first kappa shape index (κ1) is 16.1. The van der Waals surface area contributed by atoms with Gasteiger partial charge >= 0.3 is 6.01 Å². The molecular formula is C16H28N6O. The number of nitrogens with one attached hydrogen (secondary N) is 2. The molecule has 23 heavy (non-hydrogen) atoms. The van der Waals surface area contributed by atoms with Crippen molar-refractivity contribution in [3.63, 3.8) is 0 Å². The number of nitrogens with zero attached hydrogens (tertiary/aromatic N) is 3. The maximum absolute atomic E-state index is 6.05. The van der Waals surface area contributed by atoms with Crippen molar-refractivity contribution in [3.05, 3.63) is 0 Å². The molecule has 7 heteroatoms. The Labute approximate surface area is 138 Å². The van der Waals surface area contributed by atoms with Crippen LogP contribution in [0.2, 0.25) is 0 Å². The second-order valence-corrected chi connectivity index (χ2v) is 6.33. The minimum atomic E-state index is 0.388. The highest BCUT2D eigenvalue weighted by atomic mass is 16.5. The minimum Gasteiger partial charge on any atom is -0.463 e. The molecule has 2 aliphatic rings. The first-order chi connectivity index (χ1) is 11.3. The topological polar surface area (TPSA) is 88.3 Å². The molecule has 0 aliphatic carbocycles. The van der Waals surface area contributed by atoms with Gasteiger partial charge in [0.25, 0.3) is 0 Å². The fourth-order valence-electron chi connectivity index (χ4n) is 3.13. The van der Waals surface area contributed by atoms with E-state index in [0.717, 1.165) is 50.5 Å². The van der Waals surface area contributed by atoms with Crippen molar-refractivity contribution >= 4 is 17.3 Å². The van der Waals surface area contributed by atoms with Gasteiger partial charge in [-0.3, -0.25) is 0 Å². The van der Waals surface area contributed by atoms with Crippen molar-refractivity contribution in [2.75, 3.05) is 42.3 Å². The second kappa shape index (κ2) is 7.68. The van der Waals surface area contributed by atoms with Crippen LogP contribution < -0.4 is 26.0 Å². The van der Waals surface area contributed by atoms with E-state index in [9.17, 15) is 0 Å². The van der Waals surface area contributed by atoms with Crippen LogP contribution in [0.1, 0.15) is 45.4 Å². The fraction of sp³-hybridized carbons (Fsp3) is 0.750. The van der Waals surface area contributed by atoms with Crippen LogP contribution in [0.15, 0.2) is 0 Å². The number of aromatic nitrogens is 2. The minimum absolute atomic E-state index is 0.388. The number of ether oxygens (including phenoxy) is 1. The standard InChI is InChI=1S/C16H28N6O/c1-2-3-10-23-16-20-14(17)13-15(21-16)22(11-19-13)9-7-12-6-4-5-8-18-12/h12,18-19H,2-11H2,1H3,(H2,17,20,21). The molecule has 0 amide bonds. The number of nitrogens with two attached hydrogens (primary N) is 1. The van der Waals surface area contributed by atoms with E-state index in [4.69, 9.17) is 10.5 Å². The monoisotopic (exact) mass is 320 g/mol. The van der Waals surface area contributed by atoms with Gasteiger partial charge < -0.3 is 26.0 Å². The predicted molar refractivity (Wildman–Crippen MR) is 92.9 cm³/mol. The quantitative estimate of drug-likeness (QED) is 0.662. The van der Waals surface area contributed by atoms with E-state index in [0.29, 0.717) is 24.5 Å². The molecule has 0 spiro atoms. The van der Waals surface area contributed by atoms with Crippen LogP contribution >= 0.6 is 0 Å². The Bertz CT molecular complexity index is 518. The van der Waals surface area contributed by atoms with Crippen LogP contribution in [-0.2, 0) is 0 Å². The molecule has 1 aromatic rings. The lowest BCUT2D eigenvalue weighted by molar-refractivity contribution is 0.286. The molecule has 1 atom stereocenters. The zero-order chi connectivity index (χ0) is 16.1. The van der Waals surface area contributed by atoms with Crippen LogP contribution in [0.5, 0.6) is 6.01 Å². The number of rotatable bonds is 7. The molecule has 0 aromatic carbocycles. The number of hydrogen-bond acceptors (Lipinski definition) is 7.